The smallest absolute Gasteiger partial charge is 0.294 e. The van der Waals surface area contributed by atoms with Crippen LogP contribution >= 0.6 is 0 Å². The molecule has 4 rings (SSSR count). The van der Waals surface area contributed by atoms with Crippen molar-refractivity contribution in [2.75, 3.05) is 18.1 Å². The van der Waals surface area contributed by atoms with E-state index in [1.807, 2.05) is 44.3 Å². The number of aryl methyl sites for hydroxylation is 3. The van der Waals surface area contributed by atoms with Crippen LogP contribution in [0.4, 0.5) is 18.9 Å². The van der Waals surface area contributed by atoms with E-state index < -0.39 is 15.5 Å². The SMILES string of the molecule is Cc1ccn2nc(C)c(C(=O)CCc3ccc(N4CCN(S(=O)(=O)C(F)(F)F)C=N4)cc3)c2c1. The molecule has 0 aliphatic carbocycles. The highest BCUT2D eigenvalue weighted by Crippen LogP contribution is 2.28. The van der Waals surface area contributed by atoms with Gasteiger partial charge in [-0.05, 0) is 55.7 Å². The van der Waals surface area contributed by atoms with E-state index in [-0.39, 0.29) is 23.2 Å². The van der Waals surface area contributed by atoms with Crippen molar-refractivity contribution in [3.05, 3.63) is 65.0 Å². The van der Waals surface area contributed by atoms with E-state index in [2.05, 4.69) is 10.2 Å². The number of aromatic nitrogens is 2. The zero-order valence-corrected chi connectivity index (χ0v) is 19.3. The van der Waals surface area contributed by atoms with Crippen LogP contribution in [-0.2, 0) is 16.4 Å². The summed E-state index contributed by atoms with van der Waals surface area (Å²) in [7, 11) is -5.45. The Labute approximate surface area is 194 Å². The molecule has 180 valence electrons. The molecular formula is C22H22F3N5O3S. The largest absolute Gasteiger partial charge is 0.516 e. The number of Topliss-reactive ketones (excluding diaryl/α,β-unsaturated/α-hetero) is 1. The number of halogens is 3. The van der Waals surface area contributed by atoms with Gasteiger partial charge in [0.2, 0.25) is 0 Å². The first-order chi connectivity index (χ1) is 16.0. The zero-order valence-electron chi connectivity index (χ0n) is 18.5. The average molecular weight is 494 g/mol. The Bertz CT molecular complexity index is 1360. The fourth-order valence-corrected chi connectivity index (χ4v) is 4.53. The second kappa shape index (κ2) is 8.75. The number of benzene rings is 1. The van der Waals surface area contributed by atoms with Crippen molar-refractivity contribution in [1.29, 1.82) is 0 Å². The van der Waals surface area contributed by atoms with Crippen LogP contribution in [0.1, 0.15) is 33.6 Å². The van der Waals surface area contributed by atoms with Crippen molar-refractivity contribution in [3.63, 3.8) is 0 Å². The molecule has 0 atom stereocenters. The molecule has 3 heterocycles. The first-order valence-corrected chi connectivity index (χ1v) is 11.9. The molecule has 1 aliphatic heterocycles. The van der Waals surface area contributed by atoms with Crippen LogP contribution in [0.15, 0.2) is 47.7 Å². The van der Waals surface area contributed by atoms with Gasteiger partial charge in [0.15, 0.2) is 5.78 Å². The summed E-state index contributed by atoms with van der Waals surface area (Å²) in [5.41, 5.74) is -0.758. The van der Waals surface area contributed by atoms with Crippen LogP contribution in [0.2, 0.25) is 0 Å². The molecule has 3 aromatic rings. The number of hydrazone groups is 1. The molecule has 0 radical (unpaired) electrons. The van der Waals surface area contributed by atoms with Gasteiger partial charge in [-0.15, -0.1) is 0 Å². The number of rotatable bonds is 6. The number of pyridine rings is 1. The summed E-state index contributed by atoms with van der Waals surface area (Å²) in [6.07, 6.45) is 3.29. The van der Waals surface area contributed by atoms with Crippen LogP contribution in [-0.4, -0.2) is 53.1 Å². The predicted molar refractivity (Wildman–Crippen MR) is 121 cm³/mol. The first kappa shape index (κ1) is 23.7. The molecule has 0 spiro atoms. The molecule has 0 amide bonds. The first-order valence-electron chi connectivity index (χ1n) is 10.4. The minimum atomic E-state index is -5.45. The van der Waals surface area contributed by atoms with E-state index in [1.165, 1.54) is 5.01 Å². The highest BCUT2D eigenvalue weighted by atomic mass is 32.2. The van der Waals surface area contributed by atoms with Gasteiger partial charge in [-0.3, -0.25) is 9.80 Å². The van der Waals surface area contributed by atoms with E-state index in [9.17, 15) is 26.4 Å². The lowest BCUT2D eigenvalue weighted by atomic mass is 10.0. The topological polar surface area (TPSA) is 87.4 Å². The van der Waals surface area contributed by atoms with Gasteiger partial charge >= 0.3 is 15.5 Å². The summed E-state index contributed by atoms with van der Waals surface area (Å²) in [5, 5.41) is 9.66. The molecule has 0 saturated heterocycles. The van der Waals surface area contributed by atoms with Crippen LogP contribution < -0.4 is 5.01 Å². The van der Waals surface area contributed by atoms with Crippen molar-refractivity contribution in [3.8, 4) is 0 Å². The number of anilines is 1. The third kappa shape index (κ3) is 4.49. The van der Waals surface area contributed by atoms with Crippen molar-refractivity contribution in [1.82, 2.24) is 13.9 Å². The van der Waals surface area contributed by atoms with Crippen molar-refractivity contribution in [2.45, 2.75) is 32.2 Å². The molecule has 1 aliphatic rings. The summed E-state index contributed by atoms with van der Waals surface area (Å²) in [5.74, 6) is -0.00577. The Kier molecular flexibility index (Phi) is 6.11. The number of fused-ring (bicyclic) bond motifs is 1. The maximum Gasteiger partial charge on any atom is 0.516 e. The summed E-state index contributed by atoms with van der Waals surface area (Å²) < 4.78 is 62.9. The highest BCUT2D eigenvalue weighted by Gasteiger charge is 2.50. The molecule has 0 N–H and O–H groups in total. The van der Waals surface area contributed by atoms with Gasteiger partial charge in [0.1, 0.15) is 6.34 Å². The third-order valence-corrected chi connectivity index (χ3v) is 7.05. The van der Waals surface area contributed by atoms with E-state index in [4.69, 9.17) is 0 Å². The Morgan fingerprint density at radius 3 is 2.41 bits per heavy atom. The fourth-order valence-electron chi connectivity index (χ4n) is 3.77. The summed E-state index contributed by atoms with van der Waals surface area (Å²) >= 11 is 0. The monoisotopic (exact) mass is 493 g/mol. The maximum atomic E-state index is 12.9. The van der Waals surface area contributed by atoms with E-state index in [0.717, 1.165) is 16.6 Å². The molecule has 0 bridgehead atoms. The van der Waals surface area contributed by atoms with Gasteiger partial charge < -0.3 is 0 Å². The van der Waals surface area contributed by atoms with Crippen molar-refractivity contribution < 1.29 is 26.4 Å². The molecule has 0 fully saturated rings. The van der Waals surface area contributed by atoms with Crippen LogP contribution in [0.5, 0.6) is 0 Å². The normalized spacial score (nSPS) is 14.7. The van der Waals surface area contributed by atoms with Crippen molar-refractivity contribution >= 4 is 33.3 Å². The number of carbonyl (C=O) groups is 1. The molecule has 2 aromatic heterocycles. The summed E-state index contributed by atoms with van der Waals surface area (Å²) in [4.78, 5) is 12.9. The highest BCUT2D eigenvalue weighted by molar-refractivity contribution is 7.90. The maximum absolute atomic E-state index is 12.9. The Balaban J connectivity index is 1.41. The minimum absolute atomic E-state index is 0.00577. The van der Waals surface area contributed by atoms with Gasteiger partial charge in [0.05, 0.1) is 35.6 Å². The minimum Gasteiger partial charge on any atom is -0.294 e. The summed E-state index contributed by atoms with van der Waals surface area (Å²) in [6, 6.07) is 10.9. The second-order valence-electron chi connectivity index (χ2n) is 8.00. The Morgan fingerprint density at radius 2 is 1.79 bits per heavy atom. The number of sulfonamides is 1. The van der Waals surface area contributed by atoms with Gasteiger partial charge in [-0.2, -0.15) is 31.8 Å². The summed E-state index contributed by atoms with van der Waals surface area (Å²) in [6.45, 7) is 3.36. The number of ketones is 1. The molecule has 0 saturated carbocycles. The predicted octanol–water partition coefficient (Wildman–Crippen LogP) is 3.68. The molecule has 0 unspecified atom stereocenters. The lowest BCUT2D eigenvalue weighted by Crippen LogP contribution is -2.46. The Morgan fingerprint density at radius 1 is 1.09 bits per heavy atom. The molecule has 8 nitrogen and oxygen atoms in total. The third-order valence-electron chi connectivity index (χ3n) is 5.57. The number of nitrogens with zero attached hydrogens (tertiary/aromatic N) is 5. The van der Waals surface area contributed by atoms with Gasteiger partial charge in [-0.1, -0.05) is 12.1 Å². The number of alkyl halides is 3. The standard InChI is InChI=1S/C22H22F3N5O3S/c1-15-9-10-30-19(13-15)21(16(2)27-30)20(31)8-5-17-3-6-18(7-4-17)29-12-11-28(14-26-29)34(32,33)22(23,24)25/h3-4,6-7,9-10,13-14H,5,8,11-12H2,1-2H3. The fraction of sp³-hybridized carbons (Fsp3) is 0.318. The van der Waals surface area contributed by atoms with Crippen LogP contribution in [0, 0.1) is 13.8 Å². The lowest BCUT2D eigenvalue weighted by molar-refractivity contribution is -0.0471. The van der Waals surface area contributed by atoms with E-state index in [0.29, 0.717) is 36.1 Å². The molecule has 34 heavy (non-hydrogen) atoms. The molecule has 12 heteroatoms. The molecular weight excluding hydrogens is 471 g/mol. The average Bonchev–Trinajstić information content (AvgIpc) is 3.12. The van der Waals surface area contributed by atoms with Crippen LogP contribution in [0.3, 0.4) is 0 Å². The number of carbonyl (C=O) groups excluding carboxylic acids is 1. The van der Waals surface area contributed by atoms with Gasteiger partial charge in [-0.25, -0.2) is 8.82 Å². The number of hydrogen-bond donors (Lipinski definition) is 0. The molecule has 1 aromatic carbocycles. The zero-order chi connectivity index (χ0) is 24.7. The number of hydrogen-bond acceptors (Lipinski definition) is 6. The van der Waals surface area contributed by atoms with E-state index >= 15 is 0 Å². The van der Waals surface area contributed by atoms with Crippen LogP contribution in [0.25, 0.3) is 5.52 Å². The van der Waals surface area contributed by atoms with Gasteiger partial charge in [0.25, 0.3) is 0 Å². The van der Waals surface area contributed by atoms with Crippen molar-refractivity contribution in [2.24, 2.45) is 5.10 Å². The van der Waals surface area contributed by atoms with Gasteiger partial charge in [0, 0.05) is 12.6 Å². The Hall–Kier alpha value is -3.41. The lowest BCUT2D eigenvalue weighted by Gasteiger charge is -2.29. The quantitative estimate of drug-likeness (QED) is 0.489. The van der Waals surface area contributed by atoms with E-state index in [1.54, 1.807) is 16.6 Å². The second-order valence-corrected chi connectivity index (χ2v) is 9.88.